The molecule has 5 heteroatoms. The molecule has 0 aliphatic rings. The molecule has 0 bridgehead atoms. The van der Waals surface area contributed by atoms with Gasteiger partial charge in [-0.1, -0.05) is 0 Å². The molecule has 15 heavy (non-hydrogen) atoms. The smallest absolute Gasteiger partial charge is 0.159 e. The summed E-state index contributed by atoms with van der Waals surface area (Å²) in [6.07, 6.45) is 7.85. The van der Waals surface area contributed by atoms with Crippen molar-refractivity contribution >= 4 is 0 Å². The van der Waals surface area contributed by atoms with Gasteiger partial charge in [-0.15, -0.1) is 0 Å². The molecule has 0 aliphatic heterocycles. The summed E-state index contributed by atoms with van der Waals surface area (Å²) >= 11 is 0. The van der Waals surface area contributed by atoms with E-state index in [0.29, 0.717) is 6.54 Å². The Bertz CT molecular complexity index is 431. The van der Waals surface area contributed by atoms with Crippen LogP contribution in [-0.2, 0) is 13.5 Å². The van der Waals surface area contributed by atoms with Crippen molar-refractivity contribution in [2.75, 3.05) is 6.54 Å². The largest absolute Gasteiger partial charge is 0.333 e. The molecule has 5 nitrogen and oxygen atoms in total. The Labute approximate surface area is 88.0 Å². The molecule has 0 amide bonds. The summed E-state index contributed by atoms with van der Waals surface area (Å²) in [5.41, 5.74) is 7.13. The average molecular weight is 203 g/mol. The summed E-state index contributed by atoms with van der Waals surface area (Å²) in [5, 5.41) is 0. The summed E-state index contributed by atoms with van der Waals surface area (Å²) in [7, 11) is 1.93. The summed E-state index contributed by atoms with van der Waals surface area (Å²) < 4.78 is 1.91. The van der Waals surface area contributed by atoms with E-state index in [0.717, 1.165) is 23.6 Å². The van der Waals surface area contributed by atoms with Crippen molar-refractivity contribution in [2.45, 2.75) is 6.42 Å². The molecule has 2 N–H and O–H groups in total. The molecule has 2 rings (SSSR count). The third-order valence-corrected chi connectivity index (χ3v) is 2.16. The third-order valence-electron chi connectivity index (χ3n) is 2.16. The molecule has 2 aromatic rings. The number of aromatic nitrogens is 4. The van der Waals surface area contributed by atoms with Crippen molar-refractivity contribution in [2.24, 2.45) is 12.8 Å². The van der Waals surface area contributed by atoms with Crippen molar-refractivity contribution in [3.05, 3.63) is 30.5 Å². The van der Waals surface area contributed by atoms with Crippen LogP contribution in [0.3, 0.4) is 0 Å². The highest BCUT2D eigenvalue weighted by atomic mass is 15.1. The van der Waals surface area contributed by atoms with E-state index >= 15 is 0 Å². The topological polar surface area (TPSA) is 69.6 Å². The van der Waals surface area contributed by atoms with Crippen LogP contribution in [0.15, 0.2) is 24.8 Å². The summed E-state index contributed by atoms with van der Waals surface area (Å²) in [5.74, 6) is 0.821. The Hall–Kier alpha value is -1.75. The van der Waals surface area contributed by atoms with Gasteiger partial charge in [-0.25, -0.2) is 9.97 Å². The van der Waals surface area contributed by atoms with Crippen LogP contribution in [-0.4, -0.2) is 26.1 Å². The van der Waals surface area contributed by atoms with Gasteiger partial charge in [0.15, 0.2) is 5.82 Å². The predicted octanol–water partition coefficient (Wildman–Crippen LogP) is 0.378. The first-order chi connectivity index (χ1) is 7.31. The molecule has 0 radical (unpaired) electrons. The molecule has 0 aromatic carbocycles. The highest BCUT2D eigenvalue weighted by Crippen LogP contribution is 2.11. The maximum atomic E-state index is 5.43. The summed E-state index contributed by atoms with van der Waals surface area (Å²) in [6.45, 7) is 0.594. The first-order valence-corrected chi connectivity index (χ1v) is 4.80. The molecule has 0 saturated carbocycles. The first-order valence-electron chi connectivity index (χ1n) is 4.80. The Balaban J connectivity index is 2.28. The van der Waals surface area contributed by atoms with E-state index in [1.165, 1.54) is 0 Å². The van der Waals surface area contributed by atoms with Gasteiger partial charge in [0, 0.05) is 32.1 Å². The van der Waals surface area contributed by atoms with Crippen LogP contribution in [0.4, 0.5) is 0 Å². The third kappa shape index (κ3) is 2.02. The van der Waals surface area contributed by atoms with Gasteiger partial charge < -0.3 is 10.3 Å². The number of aryl methyl sites for hydroxylation is 1. The van der Waals surface area contributed by atoms with Gasteiger partial charge in [-0.05, 0) is 6.54 Å². The van der Waals surface area contributed by atoms with Gasteiger partial charge in [-0.2, -0.15) is 0 Å². The Kier molecular flexibility index (Phi) is 2.73. The Morgan fingerprint density at radius 2 is 2.13 bits per heavy atom. The summed E-state index contributed by atoms with van der Waals surface area (Å²) in [4.78, 5) is 12.8. The van der Waals surface area contributed by atoms with Crippen LogP contribution < -0.4 is 5.73 Å². The van der Waals surface area contributed by atoms with E-state index in [-0.39, 0.29) is 0 Å². The van der Waals surface area contributed by atoms with Gasteiger partial charge in [-0.3, -0.25) is 4.98 Å². The standard InChI is InChI=1S/C10H13N5/c1-15-5-4-12-10(15)9-7-13-8(2-3-11)6-14-9/h4-7H,2-3,11H2,1H3. The van der Waals surface area contributed by atoms with Crippen molar-refractivity contribution in [1.82, 2.24) is 19.5 Å². The molecule has 2 aromatic heterocycles. The molecule has 0 saturated heterocycles. The zero-order valence-corrected chi connectivity index (χ0v) is 8.59. The van der Waals surface area contributed by atoms with Crippen molar-refractivity contribution in [1.29, 1.82) is 0 Å². The number of nitrogens with zero attached hydrogens (tertiary/aromatic N) is 4. The van der Waals surface area contributed by atoms with E-state index in [4.69, 9.17) is 5.73 Å². The van der Waals surface area contributed by atoms with Crippen LogP contribution in [0.5, 0.6) is 0 Å². The lowest BCUT2D eigenvalue weighted by molar-refractivity contribution is 0.890. The quantitative estimate of drug-likeness (QED) is 0.782. The molecule has 0 fully saturated rings. The van der Waals surface area contributed by atoms with Gasteiger partial charge in [0.1, 0.15) is 5.69 Å². The molecule has 0 aliphatic carbocycles. The van der Waals surface area contributed by atoms with Crippen LogP contribution in [0.1, 0.15) is 5.69 Å². The van der Waals surface area contributed by atoms with Crippen LogP contribution in [0.25, 0.3) is 11.5 Å². The molecule has 78 valence electrons. The Morgan fingerprint density at radius 1 is 1.27 bits per heavy atom. The van der Waals surface area contributed by atoms with Crippen LogP contribution in [0.2, 0.25) is 0 Å². The second-order valence-electron chi connectivity index (χ2n) is 3.29. The number of nitrogens with two attached hydrogens (primary N) is 1. The lowest BCUT2D eigenvalue weighted by atomic mass is 10.3. The summed E-state index contributed by atoms with van der Waals surface area (Å²) in [6, 6.07) is 0. The van der Waals surface area contributed by atoms with Gasteiger partial charge in [0.05, 0.1) is 11.9 Å². The minimum atomic E-state index is 0.594. The van der Waals surface area contributed by atoms with Crippen molar-refractivity contribution < 1.29 is 0 Å². The van der Waals surface area contributed by atoms with E-state index < -0.39 is 0 Å². The number of hydrogen-bond acceptors (Lipinski definition) is 4. The first kappa shape index (κ1) is 9.79. The van der Waals surface area contributed by atoms with Crippen LogP contribution >= 0.6 is 0 Å². The van der Waals surface area contributed by atoms with Gasteiger partial charge in [0.2, 0.25) is 0 Å². The fourth-order valence-electron chi connectivity index (χ4n) is 1.36. The Morgan fingerprint density at radius 3 is 2.67 bits per heavy atom. The zero-order chi connectivity index (χ0) is 10.7. The SMILES string of the molecule is Cn1ccnc1-c1cnc(CCN)cn1. The monoisotopic (exact) mass is 203 g/mol. The lowest BCUT2D eigenvalue weighted by Crippen LogP contribution is -2.05. The molecule has 0 atom stereocenters. The van der Waals surface area contributed by atoms with E-state index in [2.05, 4.69) is 15.0 Å². The highest BCUT2D eigenvalue weighted by molar-refractivity contribution is 5.47. The minimum absolute atomic E-state index is 0.594. The fraction of sp³-hybridized carbons (Fsp3) is 0.300. The molecular weight excluding hydrogens is 190 g/mol. The number of rotatable bonds is 3. The lowest BCUT2D eigenvalue weighted by Gasteiger charge is -2.01. The highest BCUT2D eigenvalue weighted by Gasteiger charge is 2.04. The molecule has 2 heterocycles. The predicted molar refractivity (Wildman–Crippen MR) is 57.0 cm³/mol. The van der Waals surface area contributed by atoms with Gasteiger partial charge in [0.25, 0.3) is 0 Å². The fourth-order valence-corrected chi connectivity index (χ4v) is 1.36. The molecule has 0 unspecified atom stereocenters. The van der Waals surface area contributed by atoms with Gasteiger partial charge >= 0.3 is 0 Å². The second-order valence-corrected chi connectivity index (χ2v) is 3.29. The van der Waals surface area contributed by atoms with E-state index in [9.17, 15) is 0 Å². The number of hydrogen-bond donors (Lipinski definition) is 1. The van der Waals surface area contributed by atoms with E-state index in [1.807, 2.05) is 17.8 Å². The van der Waals surface area contributed by atoms with E-state index in [1.54, 1.807) is 18.6 Å². The van der Waals surface area contributed by atoms with Crippen molar-refractivity contribution in [3.63, 3.8) is 0 Å². The molecule has 0 spiro atoms. The number of imidazole rings is 1. The maximum absolute atomic E-state index is 5.43. The second kappa shape index (κ2) is 4.18. The molecular formula is C10H13N5. The van der Waals surface area contributed by atoms with Crippen molar-refractivity contribution in [3.8, 4) is 11.5 Å². The minimum Gasteiger partial charge on any atom is -0.333 e. The normalized spacial score (nSPS) is 10.5. The van der Waals surface area contributed by atoms with Crippen LogP contribution in [0, 0.1) is 0 Å². The average Bonchev–Trinajstić information content (AvgIpc) is 2.66. The maximum Gasteiger partial charge on any atom is 0.159 e. The zero-order valence-electron chi connectivity index (χ0n) is 8.59.